The second kappa shape index (κ2) is 7.21. The third-order valence-electron chi connectivity index (χ3n) is 4.20. The second-order valence-electron chi connectivity index (χ2n) is 6.02. The quantitative estimate of drug-likeness (QED) is 0.612. The number of carbonyl (C=O) groups excluding carboxylic acids is 1. The largest absolute Gasteiger partial charge is 0.359 e. The van der Waals surface area contributed by atoms with Crippen LogP contribution in [0.1, 0.15) is 34.4 Å². The number of aryl methyl sites for hydroxylation is 2. The highest BCUT2D eigenvalue weighted by molar-refractivity contribution is 7.92. The number of nitrogens with zero attached hydrogens (tertiary/aromatic N) is 2. The van der Waals surface area contributed by atoms with E-state index in [4.69, 9.17) is 11.6 Å². The molecule has 2 N–H and O–H groups in total. The lowest BCUT2D eigenvalue weighted by Crippen LogP contribution is -2.17. The van der Waals surface area contributed by atoms with Gasteiger partial charge in [-0.05, 0) is 51.1 Å². The van der Waals surface area contributed by atoms with Crippen molar-refractivity contribution in [3.05, 3.63) is 64.2 Å². The van der Waals surface area contributed by atoms with E-state index in [0.717, 1.165) is 0 Å². The Morgan fingerprint density at radius 2 is 2.04 bits per heavy atom. The smallest absolute Gasteiger partial charge is 0.265 e. The van der Waals surface area contributed by atoms with Crippen molar-refractivity contribution in [2.75, 3.05) is 4.72 Å². The number of aromatic amines is 1. The summed E-state index contributed by atoms with van der Waals surface area (Å²) in [5, 5.41) is 4.59. The molecule has 1 aromatic carbocycles. The van der Waals surface area contributed by atoms with Gasteiger partial charge in [0.15, 0.2) is 0 Å². The Bertz CT molecular complexity index is 1100. The van der Waals surface area contributed by atoms with Gasteiger partial charge in [0.1, 0.15) is 4.90 Å². The molecule has 3 rings (SSSR count). The Kier molecular flexibility index (Phi) is 5.12. The monoisotopic (exact) mass is 406 g/mol. The fraction of sp³-hybridized carbons (Fsp3) is 0.222. The van der Waals surface area contributed by atoms with Gasteiger partial charge in [0.2, 0.25) is 5.78 Å². The molecule has 0 aliphatic rings. The van der Waals surface area contributed by atoms with Gasteiger partial charge in [0, 0.05) is 23.3 Å². The number of benzene rings is 1. The summed E-state index contributed by atoms with van der Waals surface area (Å²) in [5.74, 6) is -0.363. The number of anilines is 1. The summed E-state index contributed by atoms with van der Waals surface area (Å²) in [4.78, 5) is 15.7. The second-order valence-corrected chi connectivity index (χ2v) is 8.08. The van der Waals surface area contributed by atoms with Crippen molar-refractivity contribution in [1.29, 1.82) is 0 Å². The minimum atomic E-state index is -3.94. The molecule has 0 unspecified atom stereocenters. The summed E-state index contributed by atoms with van der Waals surface area (Å²) in [5.41, 5.74) is 1.58. The topological polar surface area (TPSA) is 96.8 Å². The van der Waals surface area contributed by atoms with Crippen molar-refractivity contribution < 1.29 is 13.2 Å². The highest BCUT2D eigenvalue weighted by Crippen LogP contribution is 2.28. The van der Waals surface area contributed by atoms with Crippen LogP contribution in [0.2, 0.25) is 5.02 Å². The normalized spacial score (nSPS) is 11.6. The summed E-state index contributed by atoms with van der Waals surface area (Å²) in [7, 11) is -3.94. The van der Waals surface area contributed by atoms with Crippen LogP contribution in [0.4, 0.5) is 5.69 Å². The maximum absolute atomic E-state index is 13.0. The van der Waals surface area contributed by atoms with Gasteiger partial charge in [-0.15, -0.1) is 0 Å². The number of ketones is 1. The Labute approximate surface area is 162 Å². The number of aromatic nitrogens is 3. The van der Waals surface area contributed by atoms with Crippen molar-refractivity contribution in [2.24, 2.45) is 0 Å². The third-order valence-corrected chi connectivity index (χ3v) is 6.05. The lowest BCUT2D eigenvalue weighted by molar-refractivity contribution is 0.103. The number of halogens is 1. The van der Waals surface area contributed by atoms with Crippen molar-refractivity contribution in [3.63, 3.8) is 0 Å². The first-order valence-corrected chi connectivity index (χ1v) is 10.1. The van der Waals surface area contributed by atoms with Crippen molar-refractivity contribution >= 4 is 33.1 Å². The lowest BCUT2D eigenvalue weighted by Gasteiger charge is -2.13. The summed E-state index contributed by atoms with van der Waals surface area (Å²) in [6.07, 6.45) is 1.62. The van der Waals surface area contributed by atoms with Gasteiger partial charge in [0.25, 0.3) is 10.0 Å². The van der Waals surface area contributed by atoms with Gasteiger partial charge in [0.05, 0.1) is 22.8 Å². The van der Waals surface area contributed by atoms with Crippen LogP contribution in [0.5, 0.6) is 0 Å². The van der Waals surface area contributed by atoms with Crippen molar-refractivity contribution in [3.8, 4) is 0 Å². The number of hydrogen-bond acceptors (Lipinski definition) is 4. The summed E-state index contributed by atoms with van der Waals surface area (Å²) < 4.78 is 30.1. The van der Waals surface area contributed by atoms with E-state index < -0.39 is 10.0 Å². The summed E-state index contributed by atoms with van der Waals surface area (Å²) in [6, 6.07) is 7.75. The molecule has 7 nitrogen and oxygen atoms in total. The van der Waals surface area contributed by atoms with Gasteiger partial charge in [-0.1, -0.05) is 11.6 Å². The first kappa shape index (κ1) is 19.2. The van der Waals surface area contributed by atoms with Crippen LogP contribution in [0.25, 0.3) is 0 Å². The van der Waals surface area contributed by atoms with E-state index in [1.54, 1.807) is 36.9 Å². The molecule has 0 aliphatic carbocycles. The van der Waals surface area contributed by atoms with Gasteiger partial charge in [-0.25, -0.2) is 8.42 Å². The predicted octanol–water partition coefficient (Wildman–Crippen LogP) is 3.53. The summed E-state index contributed by atoms with van der Waals surface area (Å²) in [6.45, 7) is 5.78. The van der Waals surface area contributed by atoms with E-state index >= 15 is 0 Å². The molecule has 0 saturated carbocycles. The molecule has 0 saturated heterocycles. The molecule has 9 heteroatoms. The van der Waals surface area contributed by atoms with Gasteiger partial charge >= 0.3 is 0 Å². The van der Waals surface area contributed by atoms with Crippen molar-refractivity contribution in [2.45, 2.75) is 32.2 Å². The number of hydrogen-bond donors (Lipinski definition) is 2. The average Bonchev–Trinajstić information content (AvgIpc) is 3.23. The third kappa shape index (κ3) is 3.63. The van der Waals surface area contributed by atoms with E-state index in [1.807, 2.05) is 6.92 Å². The van der Waals surface area contributed by atoms with E-state index in [-0.39, 0.29) is 21.9 Å². The molecule has 0 fully saturated rings. The Balaban J connectivity index is 2.06. The van der Waals surface area contributed by atoms with Crippen LogP contribution in [-0.2, 0) is 16.6 Å². The SMILES string of the molecule is CCn1nc(C)c(S(=O)(=O)Nc2ccc(Cl)cc2C(=O)c2ccc[nH]2)c1C. The molecule has 0 radical (unpaired) electrons. The van der Waals surface area contributed by atoms with E-state index in [0.29, 0.717) is 28.6 Å². The first-order chi connectivity index (χ1) is 12.7. The molecule has 2 aromatic heterocycles. The lowest BCUT2D eigenvalue weighted by atomic mass is 10.1. The number of carbonyl (C=O) groups is 1. The maximum Gasteiger partial charge on any atom is 0.265 e. The number of H-pyrrole nitrogens is 1. The van der Waals surface area contributed by atoms with E-state index in [2.05, 4.69) is 14.8 Å². The molecule has 27 heavy (non-hydrogen) atoms. The number of rotatable bonds is 6. The highest BCUT2D eigenvalue weighted by atomic mass is 35.5. The standard InChI is InChI=1S/C18H19ClN4O3S/c1-4-23-12(3)18(11(2)21-23)27(25,26)22-15-8-7-13(19)10-14(15)17(24)16-6-5-9-20-16/h5-10,20,22H,4H2,1-3H3. The highest BCUT2D eigenvalue weighted by Gasteiger charge is 2.26. The minimum Gasteiger partial charge on any atom is -0.359 e. The molecule has 0 spiro atoms. The van der Waals surface area contributed by atoms with Crippen molar-refractivity contribution in [1.82, 2.24) is 14.8 Å². The van der Waals surface area contributed by atoms with Crippen LogP contribution in [0, 0.1) is 13.8 Å². The molecule has 0 bridgehead atoms. The molecule has 0 aliphatic heterocycles. The van der Waals surface area contributed by atoms with Crippen LogP contribution < -0.4 is 4.72 Å². The van der Waals surface area contributed by atoms with Gasteiger partial charge < -0.3 is 4.98 Å². The predicted molar refractivity (Wildman–Crippen MR) is 104 cm³/mol. The molecule has 2 heterocycles. The molecule has 0 amide bonds. The Morgan fingerprint density at radius 1 is 1.30 bits per heavy atom. The fourth-order valence-corrected chi connectivity index (χ4v) is 4.65. The van der Waals surface area contributed by atoms with Crippen LogP contribution in [-0.4, -0.2) is 29.0 Å². The van der Waals surface area contributed by atoms with E-state index in [1.165, 1.54) is 18.2 Å². The molecule has 3 aromatic rings. The van der Waals surface area contributed by atoms with Gasteiger partial charge in [-0.3, -0.25) is 14.2 Å². The zero-order valence-corrected chi connectivity index (χ0v) is 16.6. The molecular weight excluding hydrogens is 388 g/mol. The first-order valence-electron chi connectivity index (χ1n) is 8.29. The van der Waals surface area contributed by atoms with E-state index in [9.17, 15) is 13.2 Å². The Hall–Kier alpha value is -2.58. The molecule has 0 atom stereocenters. The summed E-state index contributed by atoms with van der Waals surface area (Å²) >= 11 is 6.03. The zero-order valence-electron chi connectivity index (χ0n) is 15.1. The number of nitrogens with one attached hydrogen (secondary N) is 2. The van der Waals surface area contributed by atoms with Crippen LogP contribution in [0.3, 0.4) is 0 Å². The number of sulfonamides is 1. The maximum atomic E-state index is 13.0. The average molecular weight is 407 g/mol. The minimum absolute atomic E-state index is 0.109. The van der Waals surface area contributed by atoms with Crippen LogP contribution >= 0.6 is 11.6 Å². The Morgan fingerprint density at radius 3 is 2.63 bits per heavy atom. The molecule has 142 valence electrons. The zero-order chi connectivity index (χ0) is 19.8. The fourth-order valence-electron chi connectivity index (χ4n) is 2.98. The van der Waals surface area contributed by atoms with Gasteiger partial charge in [-0.2, -0.15) is 5.10 Å². The molecular formula is C18H19ClN4O3S. The van der Waals surface area contributed by atoms with Crippen LogP contribution in [0.15, 0.2) is 41.4 Å².